The van der Waals surface area contributed by atoms with Gasteiger partial charge in [0.25, 0.3) is 10.0 Å². The summed E-state index contributed by atoms with van der Waals surface area (Å²) < 4.78 is 34.5. The van der Waals surface area contributed by atoms with E-state index in [1.165, 1.54) is 19.2 Å². The van der Waals surface area contributed by atoms with E-state index < -0.39 is 10.0 Å². The number of aryl methyl sites for hydroxylation is 2. The molecule has 0 fully saturated rings. The maximum absolute atomic E-state index is 12.6. The first-order valence-electron chi connectivity index (χ1n) is 9.75. The van der Waals surface area contributed by atoms with Gasteiger partial charge in [-0.3, -0.25) is 4.72 Å². The van der Waals surface area contributed by atoms with Crippen molar-refractivity contribution in [1.29, 1.82) is 0 Å². The average molecular weight is 451 g/mol. The molecule has 2 aromatic heterocycles. The van der Waals surface area contributed by atoms with E-state index in [1.807, 2.05) is 26.0 Å². The summed E-state index contributed by atoms with van der Waals surface area (Å²) in [6, 6.07) is 18.6. The molecule has 4 aromatic rings. The quantitative estimate of drug-likeness (QED) is 0.440. The van der Waals surface area contributed by atoms with Crippen LogP contribution in [-0.2, 0) is 10.0 Å². The van der Waals surface area contributed by atoms with Gasteiger partial charge in [-0.15, -0.1) is 10.2 Å². The maximum atomic E-state index is 12.6. The van der Waals surface area contributed by atoms with Gasteiger partial charge in [0.1, 0.15) is 5.75 Å². The van der Waals surface area contributed by atoms with Crippen LogP contribution in [0.5, 0.6) is 5.75 Å². The lowest BCUT2D eigenvalue weighted by atomic mass is 10.3. The Balaban J connectivity index is 1.43. The molecule has 2 N–H and O–H groups in total. The molecular weight excluding hydrogens is 428 g/mol. The lowest BCUT2D eigenvalue weighted by Gasteiger charge is -2.10. The second kappa shape index (κ2) is 8.67. The van der Waals surface area contributed by atoms with Crippen molar-refractivity contribution in [2.45, 2.75) is 18.7 Å². The summed E-state index contributed by atoms with van der Waals surface area (Å²) in [5, 5.41) is 15.9. The van der Waals surface area contributed by atoms with Crippen molar-refractivity contribution in [3.63, 3.8) is 0 Å². The van der Waals surface area contributed by atoms with E-state index in [-0.39, 0.29) is 4.90 Å². The van der Waals surface area contributed by atoms with E-state index in [0.29, 0.717) is 23.1 Å². The molecule has 10 heteroatoms. The number of anilines is 3. The van der Waals surface area contributed by atoms with Crippen molar-refractivity contribution in [2.24, 2.45) is 0 Å². The summed E-state index contributed by atoms with van der Waals surface area (Å²) >= 11 is 0. The zero-order valence-corrected chi connectivity index (χ0v) is 18.6. The number of hydrogen-bond acceptors (Lipinski definition) is 7. The van der Waals surface area contributed by atoms with E-state index in [2.05, 4.69) is 25.3 Å². The van der Waals surface area contributed by atoms with Crippen LogP contribution < -0.4 is 14.8 Å². The van der Waals surface area contributed by atoms with Gasteiger partial charge in [-0.25, -0.2) is 13.1 Å². The zero-order valence-electron chi connectivity index (χ0n) is 17.8. The largest absolute Gasteiger partial charge is 0.497 e. The molecule has 0 aliphatic rings. The normalized spacial score (nSPS) is 11.2. The van der Waals surface area contributed by atoms with E-state index in [0.717, 1.165) is 17.1 Å². The Morgan fingerprint density at radius 2 is 1.56 bits per heavy atom. The number of nitrogens with zero attached hydrogens (tertiary/aromatic N) is 4. The van der Waals surface area contributed by atoms with Gasteiger partial charge in [-0.2, -0.15) is 5.10 Å². The molecule has 4 rings (SSSR count). The van der Waals surface area contributed by atoms with Crippen LogP contribution in [0.25, 0.3) is 5.82 Å². The third-order valence-corrected chi connectivity index (χ3v) is 6.05. The molecular formula is C22H22N6O3S. The van der Waals surface area contributed by atoms with E-state index in [9.17, 15) is 8.42 Å². The molecule has 2 heterocycles. The van der Waals surface area contributed by atoms with Gasteiger partial charge >= 0.3 is 0 Å². The lowest BCUT2D eigenvalue weighted by molar-refractivity contribution is 0.414. The van der Waals surface area contributed by atoms with E-state index >= 15 is 0 Å². The van der Waals surface area contributed by atoms with E-state index in [4.69, 9.17) is 4.74 Å². The van der Waals surface area contributed by atoms with Crippen LogP contribution in [-0.4, -0.2) is 35.5 Å². The van der Waals surface area contributed by atoms with Crippen molar-refractivity contribution in [2.75, 3.05) is 17.1 Å². The Morgan fingerprint density at radius 1 is 0.875 bits per heavy atom. The summed E-state index contributed by atoms with van der Waals surface area (Å²) in [4.78, 5) is 0.151. The zero-order chi connectivity index (χ0) is 22.7. The Morgan fingerprint density at radius 3 is 2.12 bits per heavy atom. The molecule has 32 heavy (non-hydrogen) atoms. The molecule has 0 atom stereocenters. The van der Waals surface area contributed by atoms with Crippen molar-refractivity contribution >= 4 is 27.2 Å². The predicted molar refractivity (Wildman–Crippen MR) is 122 cm³/mol. The van der Waals surface area contributed by atoms with Gasteiger partial charge in [0.2, 0.25) is 0 Å². The average Bonchev–Trinajstić information content (AvgIpc) is 3.13. The molecule has 164 valence electrons. The summed E-state index contributed by atoms with van der Waals surface area (Å²) in [6.07, 6.45) is 0. The smallest absolute Gasteiger partial charge is 0.261 e. The van der Waals surface area contributed by atoms with Crippen LogP contribution in [0.15, 0.2) is 71.6 Å². The van der Waals surface area contributed by atoms with E-state index in [1.54, 1.807) is 47.1 Å². The van der Waals surface area contributed by atoms with Gasteiger partial charge in [0, 0.05) is 17.1 Å². The molecule has 9 nitrogen and oxygen atoms in total. The van der Waals surface area contributed by atoms with Crippen LogP contribution in [0.3, 0.4) is 0 Å². The molecule has 2 aromatic carbocycles. The van der Waals surface area contributed by atoms with Crippen LogP contribution in [0.1, 0.15) is 11.4 Å². The van der Waals surface area contributed by atoms with Crippen molar-refractivity contribution in [3.8, 4) is 11.6 Å². The van der Waals surface area contributed by atoms with Gasteiger partial charge in [-0.05, 0) is 80.6 Å². The third-order valence-electron chi connectivity index (χ3n) is 4.66. The first kappa shape index (κ1) is 21.3. The summed E-state index contributed by atoms with van der Waals surface area (Å²) in [7, 11) is -2.17. The number of benzene rings is 2. The summed E-state index contributed by atoms with van der Waals surface area (Å²) in [5.41, 5.74) is 3.07. The molecule has 0 amide bonds. The molecule has 0 saturated carbocycles. The highest BCUT2D eigenvalue weighted by molar-refractivity contribution is 7.92. The second-order valence-corrected chi connectivity index (χ2v) is 8.78. The Bertz CT molecular complexity index is 1320. The number of ether oxygens (including phenoxy) is 1. The fourth-order valence-electron chi connectivity index (χ4n) is 3.10. The number of hydrogen-bond donors (Lipinski definition) is 2. The van der Waals surface area contributed by atoms with Crippen molar-refractivity contribution < 1.29 is 13.2 Å². The minimum Gasteiger partial charge on any atom is -0.497 e. The number of aromatic nitrogens is 4. The SMILES string of the molecule is COc1ccc(S(=O)(=O)Nc2ccc(Nc3ccc(-n4nc(C)cc4C)nn3)cc2)cc1. The van der Waals surface area contributed by atoms with Crippen LogP contribution >= 0.6 is 0 Å². The topological polar surface area (TPSA) is 111 Å². The van der Waals surface area contributed by atoms with Gasteiger partial charge in [-0.1, -0.05) is 0 Å². The predicted octanol–water partition coefficient (Wildman–Crippen LogP) is 3.83. The summed E-state index contributed by atoms with van der Waals surface area (Å²) in [5.74, 6) is 1.77. The number of nitrogens with one attached hydrogen (secondary N) is 2. The van der Waals surface area contributed by atoms with Crippen LogP contribution in [0.2, 0.25) is 0 Å². The molecule has 0 unspecified atom stereocenters. The number of sulfonamides is 1. The standard InChI is InChI=1S/C22H22N6O3S/c1-15-14-16(2)28(26-15)22-13-12-21(24-25-22)23-17-4-6-18(7-5-17)27-32(29,30)20-10-8-19(31-3)9-11-20/h4-14,27H,1-3H3,(H,23,24). The maximum Gasteiger partial charge on any atom is 0.261 e. The summed E-state index contributed by atoms with van der Waals surface area (Å²) in [6.45, 7) is 3.88. The minimum absolute atomic E-state index is 0.151. The Hall–Kier alpha value is -3.92. The highest BCUT2D eigenvalue weighted by atomic mass is 32.2. The molecule has 0 radical (unpaired) electrons. The Kier molecular flexibility index (Phi) is 5.78. The van der Waals surface area contributed by atoms with Gasteiger partial charge in [0.15, 0.2) is 11.6 Å². The van der Waals surface area contributed by atoms with Crippen molar-refractivity contribution in [3.05, 3.63) is 78.1 Å². The first-order valence-corrected chi connectivity index (χ1v) is 11.2. The van der Waals surface area contributed by atoms with Crippen molar-refractivity contribution in [1.82, 2.24) is 20.0 Å². The molecule has 0 saturated heterocycles. The Labute approximate surface area is 186 Å². The monoisotopic (exact) mass is 450 g/mol. The van der Waals surface area contributed by atoms with Crippen LogP contribution in [0.4, 0.5) is 17.2 Å². The fourth-order valence-corrected chi connectivity index (χ4v) is 4.16. The molecule has 0 aliphatic carbocycles. The number of methoxy groups -OCH3 is 1. The molecule has 0 aliphatic heterocycles. The molecule has 0 bridgehead atoms. The highest BCUT2D eigenvalue weighted by Crippen LogP contribution is 2.22. The minimum atomic E-state index is -3.70. The van der Waals surface area contributed by atoms with Gasteiger partial charge in [0.05, 0.1) is 17.7 Å². The number of rotatable bonds is 7. The lowest BCUT2D eigenvalue weighted by Crippen LogP contribution is -2.12. The third kappa shape index (κ3) is 4.70. The molecule has 0 spiro atoms. The van der Waals surface area contributed by atoms with Crippen LogP contribution in [0, 0.1) is 13.8 Å². The first-order chi connectivity index (χ1) is 15.3. The fraction of sp³-hybridized carbons (Fsp3) is 0.136. The highest BCUT2D eigenvalue weighted by Gasteiger charge is 2.14. The van der Waals surface area contributed by atoms with Gasteiger partial charge < -0.3 is 10.1 Å². The second-order valence-electron chi connectivity index (χ2n) is 7.10.